The van der Waals surface area contributed by atoms with Gasteiger partial charge in [-0.2, -0.15) is 0 Å². The van der Waals surface area contributed by atoms with E-state index in [0.29, 0.717) is 17.8 Å². The molecule has 0 saturated heterocycles. The minimum absolute atomic E-state index is 0.0154. The van der Waals surface area contributed by atoms with Gasteiger partial charge in [0.15, 0.2) is 0 Å². The lowest BCUT2D eigenvalue weighted by Crippen LogP contribution is -2.33. The van der Waals surface area contributed by atoms with Gasteiger partial charge in [-0.05, 0) is 23.8 Å². The first-order chi connectivity index (χ1) is 7.91. The van der Waals surface area contributed by atoms with Crippen LogP contribution in [0.1, 0.15) is 37.4 Å². The van der Waals surface area contributed by atoms with Crippen molar-refractivity contribution in [3.63, 3.8) is 0 Å². The van der Waals surface area contributed by atoms with E-state index in [0.717, 1.165) is 16.3 Å². The maximum absolute atomic E-state index is 11.9. The molecule has 1 aromatic rings. The molecular formula is C13H21NOS2. The molecule has 96 valence electrons. The first-order valence-electron chi connectivity index (χ1n) is 5.97. The molecule has 0 aliphatic carbocycles. The van der Waals surface area contributed by atoms with Gasteiger partial charge < -0.3 is 5.32 Å². The summed E-state index contributed by atoms with van der Waals surface area (Å²) in [5.74, 6) is 1.70. The van der Waals surface area contributed by atoms with E-state index in [1.165, 1.54) is 11.3 Å². The van der Waals surface area contributed by atoms with E-state index >= 15 is 0 Å². The van der Waals surface area contributed by atoms with E-state index in [4.69, 9.17) is 0 Å². The van der Waals surface area contributed by atoms with Gasteiger partial charge in [0.1, 0.15) is 0 Å². The van der Waals surface area contributed by atoms with Crippen molar-refractivity contribution < 1.29 is 4.79 Å². The minimum atomic E-state index is 0.0154. The van der Waals surface area contributed by atoms with Crippen molar-refractivity contribution in [1.29, 1.82) is 0 Å². The molecule has 1 N–H and O–H groups in total. The first-order valence-corrected chi connectivity index (χ1v) is 7.30. The molecule has 2 nitrogen and oxygen atoms in total. The Morgan fingerprint density at radius 2 is 1.94 bits per heavy atom. The van der Waals surface area contributed by atoms with E-state index in [1.54, 1.807) is 0 Å². The van der Waals surface area contributed by atoms with E-state index in [1.807, 2.05) is 11.4 Å². The SMILES string of the molecule is CC(C)C(CNC(=O)c1cc(S)cs1)C(C)C. The van der Waals surface area contributed by atoms with Crippen LogP contribution in [0.3, 0.4) is 0 Å². The molecule has 1 amide bonds. The van der Waals surface area contributed by atoms with Gasteiger partial charge >= 0.3 is 0 Å². The van der Waals surface area contributed by atoms with Crippen LogP contribution in [0, 0.1) is 17.8 Å². The molecule has 1 rings (SSSR count). The Morgan fingerprint density at radius 1 is 1.35 bits per heavy atom. The van der Waals surface area contributed by atoms with Crippen molar-refractivity contribution in [1.82, 2.24) is 5.32 Å². The fraction of sp³-hybridized carbons (Fsp3) is 0.615. The van der Waals surface area contributed by atoms with Gasteiger partial charge in [-0.3, -0.25) is 4.79 Å². The fourth-order valence-corrected chi connectivity index (χ4v) is 3.05. The zero-order valence-corrected chi connectivity index (χ0v) is 12.6. The Bertz CT molecular complexity index is 363. The summed E-state index contributed by atoms with van der Waals surface area (Å²) in [7, 11) is 0. The van der Waals surface area contributed by atoms with Crippen LogP contribution in [-0.4, -0.2) is 12.5 Å². The number of carbonyl (C=O) groups is 1. The molecule has 0 fully saturated rings. The Morgan fingerprint density at radius 3 is 2.35 bits per heavy atom. The summed E-state index contributed by atoms with van der Waals surface area (Å²) in [4.78, 5) is 13.5. The van der Waals surface area contributed by atoms with Gasteiger partial charge in [-0.1, -0.05) is 27.7 Å². The van der Waals surface area contributed by atoms with Crippen LogP contribution in [0.5, 0.6) is 0 Å². The highest BCUT2D eigenvalue weighted by Crippen LogP contribution is 2.21. The van der Waals surface area contributed by atoms with Crippen molar-refractivity contribution >= 4 is 29.9 Å². The van der Waals surface area contributed by atoms with E-state index in [2.05, 4.69) is 45.6 Å². The lowest BCUT2D eigenvalue weighted by atomic mass is 9.85. The van der Waals surface area contributed by atoms with Crippen LogP contribution < -0.4 is 5.32 Å². The maximum Gasteiger partial charge on any atom is 0.261 e. The maximum atomic E-state index is 11.9. The standard InChI is InChI=1S/C13H21NOS2/c1-8(2)11(9(3)4)6-14-13(15)12-5-10(16)7-17-12/h5,7-9,11,16H,6H2,1-4H3,(H,14,15). The van der Waals surface area contributed by atoms with Crippen LogP contribution in [-0.2, 0) is 0 Å². The van der Waals surface area contributed by atoms with E-state index in [-0.39, 0.29) is 5.91 Å². The Hall–Kier alpha value is -0.480. The van der Waals surface area contributed by atoms with Crippen molar-refractivity contribution in [3.8, 4) is 0 Å². The Balaban J connectivity index is 2.52. The fourth-order valence-electron chi connectivity index (χ4n) is 1.98. The Kier molecular flexibility index (Phi) is 5.53. The van der Waals surface area contributed by atoms with Crippen LogP contribution in [0.4, 0.5) is 0 Å². The number of hydrogen-bond acceptors (Lipinski definition) is 3. The second kappa shape index (κ2) is 6.45. The predicted molar refractivity (Wildman–Crippen MR) is 77.1 cm³/mol. The smallest absolute Gasteiger partial charge is 0.261 e. The number of nitrogens with one attached hydrogen (secondary N) is 1. The number of thiophene rings is 1. The van der Waals surface area contributed by atoms with Crippen LogP contribution in [0.2, 0.25) is 0 Å². The van der Waals surface area contributed by atoms with Gasteiger partial charge in [0, 0.05) is 16.8 Å². The third kappa shape index (κ3) is 4.36. The highest BCUT2D eigenvalue weighted by Gasteiger charge is 2.18. The quantitative estimate of drug-likeness (QED) is 0.786. The molecule has 1 heterocycles. The summed E-state index contributed by atoms with van der Waals surface area (Å²) in [5.41, 5.74) is 0. The first kappa shape index (κ1) is 14.6. The van der Waals surface area contributed by atoms with Gasteiger partial charge in [0.05, 0.1) is 4.88 Å². The zero-order valence-electron chi connectivity index (χ0n) is 10.9. The predicted octanol–water partition coefficient (Wildman–Crippen LogP) is 3.69. The number of carbonyl (C=O) groups excluding carboxylic acids is 1. The molecule has 17 heavy (non-hydrogen) atoms. The van der Waals surface area contributed by atoms with Crippen LogP contribution >= 0.6 is 24.0 Å². The van der Waals surface area contributed by atoms with E-state index in [9.17, 15) is 4.79 Å². The summed E-state index contributed by atoms with van der Waals surface area (Å²) in [5, 5.41) is 4.89. The number of thiol groups is 1. The number of amides is 1. The molecule has 0 aliphatic rings. The van der Waals surface area contributed by atoms with Crippen molar-refractivity contribution in [2.75, 3.05) is 6.54 Å². The molecule has 0 radical (unpaired) electrons. The molecule has 0 bridgehead atoms. The van der Waals surface area contributed by atoms with E-state index < -0.39 is 0 Å². The van der Waals surface area contributed by atoms with Gasteiger partial charge in [-0.15, -0.1) is 24.0 Å². The minimum Gasteiger partial charge on any atom is -0.351 e. The third-order valence-corrected chi connectivity index (χ3v) is 4.38. The average molecular weight is 271 g/mol. The van der Waals surface area contributed by atoms with Gasteiger partial charge in [0.25, 0.3) is 5.91 Å². The molecule has 4 heteroatoms. The summed E-state index contributed by atoms with van der Waals surface area (Å²) in [6.45, 7) is 9.55. The molecule has 0 aromatic carbocycles. The lowest BCUT2D eigenvalue weighted by molar-refractivity contribution is 0.0941. The molecule has 0 spiro atoms. The van der Waals surface area contributed by atoms with Crippen LogP contribution in [0.25, 0.3) is 0 Å². The van der Waals surface area contributed by atoms with Crippen molar-refractivity contribution in [3.05, 3.63) is 16.3 Å². The largest absolute Gasteiger partial charge is 0.351 e. The summed E-state index contributed by atoms with van der Waals surface area (Å²) < 4.78 is 0. The van der Waals surface area contributed by atoms with Gasteiger partial charge in [-0.25, -0.2) is 0 Å². The van der Waals surface area contributed by atoms with Crippen molar-refractivity contribution in [2.24, 2.45) is 17.8 Å². The number of hydrogen-bond donors (Lipinski definition) is 2. The highest BCUT2D eigenvalue weighted by molar-refractivity contribution is 7.80. The average Bonchev–Trinajstić information content (AvgIpc) is 2.63. The molecule has 0 unspecified atom stereocenters. The molecular weight excluding hydrogens is 250 g/mol. The van der Waals surface area contributed by atoms with Crippen molar-refractivity contribution in [2.45, 2.75) is 32.6 Å². The topological polar surface area (TPSA) is 29.1 Å². The normalized spacial score (nSPS) is 11.5. The van der Waals surface area contributed by atoms with Crippen LogP contribution in [0.15, 0.2) is 16.3 Å². The zero-order chi connectivity index (χ0) is 13.0. The Labute approximate surface area is 113 Å². The summed E-state index contributed by atoms with van der Waals surface area (Å²) >= 11 is 5.64. The second-order valence-electron chi connectivity index (χ2n) is 5.03. The molecule has 0 atom stereocenters. The molecule has 0 saturated carbocycles. The highest BCUT2D eigenvalue weighted by atomic mass is 32.1. The second-order valence-corrected chi connectivity index (χ2v) is 6.46. The van der Waals surface area contributed by atoms with Gasteiger partial charge in [0.2, 0.25) is 0 Å². The molecule has 1 aromatic heterocycles. The third-order valence-electron chi connectivity index (χ3n) is 3.02. The monoisotopic (exact) mass is 271 g/mol. The number of rotatable bonds is 5. The molecule has 0 aliphatic heterocycles. The lowest BCUT2D eigenvalue weighted by Gasteiger charge is -2.24. The summed E-state index contributed by atoms with van der Waals surface area (Å²) in [6, 6.07) is 1.81. The summed E-state index contributed by atoms with van der Waals surface area (Å²) in [6.07, 6.45) is 0.